The summed E-state index contributed by atoms with van der Waals surface area (Å²) in [6.07, 6.45) is -0.0468. The zero-order chi connectivity index (χ0) is 14.7. The predicted molar refractivity (Wildman–Crippen MR) is 73.8 cm³/mol. The molecule has 2 atom stereocenters. The Balaban J connectivity index is 2.16. The van der Waals surface area contributed by atoms with Gasteiger partial charge in [-0.05, 0) is 19.9 Å². The number of carboxylic acid groups (broad SMARTS) is 1. The van der Waals surface area contributed by atoms with Crippen molar-refractivity contribution in [3.63, 3.8) is 0 Å². The number of carbonyl (C=O) groups excluding carboxylic acids is 1. The maximum atomic E-state index is 12.6. The lowest BCUT2D eigenvalue weighted by molar-refractivity contribution is -0.141. The molecule has 0 aromatic heterocycles. The Morgan fingerprint density at radius 2 is 2.15 bits per heavy atom. The minimum atomic E-state index is -0.896. The fourth-order valence-corrected chi connectivity index (χ4v) is 2.61. The van der Waals surface area contributed by atoms with Crippen LogP contribution in [0.5, 0.6) is 5.75 Å². The minimum Gasteiger partial charge on any atom is -0.492 e. The van der Waals surface area contributed by atoms with Crippen molar-refractivity contribution in [2.24, 2.45) is 0 Å². The maximum absolute atomic E-state index is 12.6. The highest BCUT2D eigenvalue weighted by atomic mass is 16.5. The lowest BCUT2D eigenvalue weighted by Gasteiger charge is -2.29. The number of nitrogens with zero attached hydrogens (tertiary/aromatic N) is 1. The van der Waals surface area contributed by atoms with E-state index in [4.69, 9.17) is 9.84 Å². The number of carboxylic acids is 1. The molecule has 0 bridgehead atoms. The zero-order valence-electron chi connectivity index (χ0n) is 11.7. The summed E-state index contributed by atoms with van der Waals surface area (Å²) in [7, 11) is 0. The average Bonchev–Trinajstić information content (AvgIpc) is 2.82. The van der Waals surface area contributed by atoms with Crippen LogP contribution in [0.15, 0.2) is 24.3 Å². The number of carbonyl (C=O) groups is 2. The highest BCUT2D eigenvalue weighted by Crippen LogP contribution is 2.35. The van der Waals surface area contributed by atoms with Gasteiger partial charge in [-0.2, -0.15) is 0 Å². The van der Waals surface area contributed by atoms with Crippen LogP contribution in [0.4, 0.5) is 0 Å². The van der Waals surface area contributed by atoms with Gasteiger partial charge in [0.15, 0.2) is 0 Å². The summed E-state index contributed by atoms with van der Waals surface area (Å²) >= 11 is 0. The van der Waals surface area contributed by atoms with Crippen molar-refractivity contribution < 1.29 is 19.4 Å². The highest BCUT2D eigenvalue weighted by Gasteiger charge is 2.34. The molecule has 0 saturated heterocycles. The molecule has 0 aliphatic carbocycles. The van der Waals surface area contributed by atoms with Crippen LogP contribution in [-0.2, 0) is 9.59 Å². The minimum absolute atomic E-state index is 0.0468. The van der Waals surface area contributed by atoms with E-state index >= 15 is 0 Å². The third-order valence-electron chi connectivity index (χ3n) is 3.62. The first kappa shape index (κ1) is 14.4. The van der Waals surface area contributed by atoms with E-state index in [1.165, 1.54) is 0 Å². The van der Waals surface area contributed by atoms with E-state index in [-0.39, 0.29) is 24.3 Å². The van der Waals surface area contributed by atoms with Gasteiger partial charge in [0, 0.05) is 18.2 Å². The first-order valence-corrected chi connectivity index (χ1v) is 6.78. The Morgan fingerprint density at radius 3 is 2.80 bits per heavy atom. The number of para-hydroxylation sites is 1. The maximum Gasteiger partial charge on any atom is 0.305 e. The molecule has 5 heteroatoms. The molecular weight excluding hydrogens is 258 g/mol. The molecule has 1 aliphatic heterocycles. The Kier molecular flexibility index (Phi) is 4.27. The van der Waals surface area contributed by atoms with Gasteiger partial charge in [0.2, 0.25) is 5.91 Å². The van der Waals surface area contributed by atoms with Gasteiger partial charge in [0.05, 0.1) is 6.42 Å². The van der Waals surface area contributed by atoms with E-state index in [1.54, 1.807) is 11.8 Å². The van der Waals surface area contributed by atoms with Crippen LogP contribution < -0.4 is 4.74 Å². The SMILES string of the molecule is CCN(C(=O)C1COc2ccccc21)C(C)CC(=O)O. The number of rotatable bonds is 5. The molecule has 5 nitrogen and oxygen atoms in total. The van der Waals surface area contributed by atoms with Crippen LogP contribution in [0.3, 0.4) is 0 Å². The molecule has 2 rings (SSSR count). The normalized spacial score (nSPS) is 18.0. The number of hydrogen-bond acceptors (Lipinski definition) is 3. The highest BCUT2D eigenvalue weighted by molar-refractivity contribution is 5.86. The number of amides is 1. The molecule has 1 aromatic carbocycles. The lowest BCUT2D eigenvalue weighted by Crippen LogP contribution is -2.42. The summed E-state index contributed by atoms with van der Waals surface area (Å²) < 4.78 is 5.52. The first-order valence-electron chi connectivity index (χ1n) is 6.78. The first-order chi connectivity index (χ1) is 9.54. The van der Waals surface area contributed by atoms with Crippen LogP contribution in [0.1, 0.15) is 31.7 Å². The average molecular weight is 277 g/mol. The summed E-state index contributed by atoms with van der Waals surface area (Å²) in [6.45, 7) is 4.44. The number of likely N-dealkylation sites (N-methyl/N-ethyl adjacent to an activating group) is 1. The van der Waals surface area contributed by atoms with Crippen molar-refractivity contribution in [2.75, 3.05) is 13.2 Å². The molecule has 1 aliphatic rings. The monoisotopic (exact) mass is 277 g/mol. The number of aliphatic carboxylic acids is 1. The molecule has 0 radical (unpaired) electrons. The van der Waals surface area contributed by atoms with Crippen LogP contribution in [0.25, 0.3) is 0 Å². The number of fused-ring (bicyclic) bond motifs is 1. The van der Waals surface area contributed by atoms with Crippen molar-refractivity contribution in [1.29, 1.82) is 0 Å². The molecule has 1 amide bonds. The second kappa shape index (κ2) is 5.94. The molecule has 1 heterocycles. The Bertz CT molecular complexity index is 514. The Morgan fingerprint density at radius 1 is 1.45 bits per heavy atom. The van der Waals surface area contributed by atoms with Gasteiger partial charge in [0.25, 0.3) is 0 Å². The van der Waals surface area contributed by atoms with E-state index in [1.807, 2.05) is 31.2 Å². The predicted octanol–water partition coefficient (Wildman–Crippen LogP) is 1.87. The molecule has 1 N–H and O–H groups in total. The van der Waals surface area contributed by atoms with E-state index in [0.29, 0.717) is 13.2 Å². The van der Waals surface area contributed by atoms with E-state index in [0.717, 1.165) is 11.3 Å². The van der Waals surface area contributed by atoms with Crippen molar-refractivity contribution in [1.82, 2.24) is 4.90 Å². The second-order valence-electron chi connectivity index (χ2n) is 4.97. The Hall–Kier alpha value is -2.04. The fourth-order valence-electron chi connectivity index (χ4n) is 2.61. The van der Waals surface area contributed by atoms with Crippen LogP contribution in [0.2, 0.25) is 0 Å². The van der Waals surface area contributed by atoms with Crippen molar-refractivity contribution in [3.05, 3.63) is 29.8 Å². The van der Waals surface area contributed by atoms with E-state index < -0.39 is 5.97 Å². The van der Waals surface area contributed by atoms with Gasteiger partial charge in [-0.15, -0.1) is 0 Å². The molecular formula is C15H19NO4. The third kappa shape index (κ3) is 2.76. The molecule has 1 aromatic rings. The van der Waals surface area contributed by atoms with Crippen molar-refractivity contribution >= 4 is 11.9 Å². The van der Waals surface area contributed by atoms with Gasteiger partial charge in [-0.25, -0.2) is 0 Å². The zero-order valence-corrected chi connectivity index (χ0v) is 11.7. The van der Waals surface area contributed by atoms with Gasteiger partial charge >= 0.3 is 5.97 Å². The number of ether oxygens (including phenoxy) is 1. The van der Waals surface area contributed by atoms with E-state index in [2.05, 4.69) is 0 Å². The standard InChI is InChI=1S/C15H19NO4/c1-3-16(10(2)8-14(17)18)15(19)12-9-20-13-7-5-4-6-11(12)13/h4-7,10,12H,3,8-9H2,1-2H3,(H,17,18). The van der Waals surface area contributed by atoms with Crippen LogP contribution in [0, 0.1) is 0 Å². The fraction of sp³-hybridized carbons (Fsp3) is 0.467. The van der Waals surface area contributed by atoms with Crippen LogP contribution >= 0.6 is 0 Å². The quantitative estimate of drug-likeness (QED) is 0.892. The lowest BCUT2D eigenvalue weighted by atomic mass is 9.99. The van der Waals surface area contributed by atoms with Gasteiger partial charge in [0.1, 0.15) is 18.3 Å². The van der Waals surface area contributed by atoms with E-state index in [9.17, 15) is 9.59 Å². The topological polar surface area (TPSA) is 66.8 Å². The van der Waals surface area contributed by atoms with Gasteiger partial charge in [-0.3, -0.25) is 9.59 Å². The molecule has 20 heavy (non-hydrogen) atoms. The summed E-state index contributed by atoms with van der Waals surface area (Å²) in [4.78, 5) is 25.0. The summed E-state index contributed by atoms with van der Waals surface area (Å²) in [5.74, 6) is -0.548. The Labute approximate surface area is 118 Å². The van der Waals surface area contributed by atoms with Gasteiger partial charge < -0.3 is 14.7 Å². The molecule has 0 saturated carbocycles. The summed E-state index contributed by atoms with van der Waals surface area (Å²) in [5, 5.41) is 8.87. The largest absolute Gasteiger partial charge is 0.492 e. The number of hydrogen-bond donors (Lipinski definition) is 1. The second-order valence-corrected chi connectivity index (χ2v) is 4.97. The molecule has 108 valence electrons. The van der Waals surface area contributed by atoms with Crippen LogP contribution in [-0.4, -0.2) is 41.1 Å². The molecule has 0 fully saturated rings. The summed E-state index contributed by atoms with van der Waals surface area (Å²) in [6, 6.07) is 7.17. The third-order valence-corrected chi connectivity index (χ3v) is 3.62. The molecule has 0 spiro atoms. The molecule has 2 unspecified atom stereocenters. The summed E-state index contributed by atoms with van der Waals surface area (Å²) in [5.41, 5.74) is 0.887. The smallest absolute Gasteiger partial charge is 0.305 e. The van der Waals surface area contributed by atoms with Gasteiger partial charge in [-0.1, -0.05) is 18.2 Å². The van der Waals surface area contributed by atoms with Crippen molar-refractivity contribution in [2.45, 2.75) is 32.2 Å². The van der Waals surface area contributed by atoms with Crippen molar-refractivity contribution in [3.8, 4) is 5.75 Å². The number of benzene rings is 1.